The lowest BCUT2D eigenvalue weighted by Gasteiger charge is -2.40. The molecule has 0 aromatic carbocycles. The van der Waals surface area contributed by atoms with Crippen LogP contribution in [0, 0.1) is 17.8 Å². The van der Waals surface area contributed by atoms with E-state index in [0.717, 1.165) is 29.3 Å². The fourth-order valence-electron chi connectivity index (χ4n) is 7.35. The van der Waals surface area contributed by atoms with Gasteiger partial charge in [-0.1, -0.05) is 146 Å². The van der Waals surface area contributed by atoms with Crippen LogP contribution in [0.1, 0.15) is 157 Å². The van der Waals surface area contributed by atoms with Gasteiger partial charge in [0.15, 0.2) is 39.1 Å². The number of hydrogen-bond acceptors (Lipinski definition) is 7. The highest BCUT2D eigenvalue weighted by atomic mass is 28.4. The van der Waals surface area contributed by atoms with E-state index in [0.29, 0.717) is 25.7 Å². The van der Waals surface area contributed by atoms with Crippen molar-refractivity contribution in [2.24, 2.45) is 17.8 Å². The van der Waals surface area contributed by atoms with E-state index in [4.69, 9.17) is 22.4 Å². The number of carbonyl (C=O) groups excluding carboxylic acids is 2. The number of hydrogen-bond donors (Lipinski definition) is 0. The zero-order valence-corrected chi connectivity index (χ0v) is 51.6. The quantitative estimate of drug-likeness (QED) is 0.0307. The smallest absolute Gasteiger partial charge is 0.330 e. The highest BCUT2D eigenvalue weighted by molar-refractivity contribution is 6.75. The molecule has 0 amide bonds. The lowest BCUT2D eigenvalue weighted by atomic mass is 9.88. The summed E-state index contributed by atoms with van der Waals surface area (Å²) in [7, 11) is -8.45. The van der Waals surface area contributed by atoms with Crippen molar-refractivity contribution < 1.29 is 32.0 Å². The van der Waals surface area contributed by atoms with Gasteiger partial charge in [0.25, 0.3) is 0 Å². The maximum atomic E-state index is 14.6. The van der Waals surface area contributed by atoms with Gasteiger partial charge >= 0.3 is 5.97 Å². The van der Waals surface area contributed by atoms with E-state index in [9.17, 15) is 9.59 Å². The first-order valence-electron chi connectivity index (χ1n) is 25.5. The van der Waals surface area contributed by atoms with Crippen molar-refractivity contribution in [1.29, 1.82) is 0 Å². The van der Waals surface area contributed by atoms with Gasteiger partial charge in [-0.05, 0) is 131 Å². The molecular weight excluding hydrogens is 885 g/mol. The largest absolute Gasteiger partial charge is 0.459 e. The Balaban J connectivity index is 6.95. The number of ether oxygens (including phenoxy) is 1. The predicted molar refractivity (Wildman–Crippen MR) is 296 cm³/mol. The summed E-state index contributed by atoms with van der Waals surface area (Å²) in [6.45, 7) is 65.4. The summed E-state index contributed by atoms with van der Waals surface area (Å²) in [6.07, 6.45) is 11.5. The van der Waals surface area contributed by atoms with Crippen LogP contribution in [0.2, 0.25) is 72.5 Å². The Labute approximate surface area is 413 Å². The third kappa shape index (κ3) is 19.7. The van der Waals surface area contributed by atoms with E-state index in [1.54, 1.807) is 6.08 Å². The predicted octanol–water partition coefficient (Wildman–Crippen LogP) is 16.7. The standard InChI is InChI=1S/C55H106O7Si4/c1-28-34-47(60-64(24,25)53(15,16)17)37-41(6)38-50(56)55(21,62-66(30-3,31-4)32-5)36-33-35-42(7)49(39-44(9)46(11)59-63(22,23)52(12,13)14)58-51(57)40-43(8)45(10)48(29-2)61-65(26,27)54(18,19)20/h28-29,33,36,40,42,44-49H,1-2,6,30-32,34-35,37-39H2,3-5,7-27H3/b36-33+,43-40+/t42-,44-,45+,46-,47-,48-,49+,55+/m0/s1. The number of ketones is 1. The second-order valence-corrected chi connectivity index (χ2v) is 43.6. The van der Waals surface area contributed by atoms with Crippen LogP contribution in [0.3, 0.4) is 0 Å². The fraction of sp³-hybridized carbons (Fsp3) is 0.782. The van der Waals surface area contributed by atoms with E-state index in [2.05, 4.69) is 176 Å². The molecule has 0 radical (unpaired) electrons. The minimum atomic E-state index is -2.25. The maximum absolute atomic E-state index is 14.6. The lowest BCUT2D eigenvalue weighted by Crippen LogP contribution is -2.49. The van der Waals surface area contributed by atoms with Crippen molar-refractivity contribution in [3.8, 4) is 0 Å². The minimum absolute atomic E-state index is 0.00612. The molecule has 0 unspecified atom stereocenters. The molecule has 384 valence electrons. The van der Waals surface area contributed by atoms with E-state index in [1.165, 1.54) is 0 Å². The zero-order valence-electron chi connectivity index (χ0n) is 47.6. The van der Waals surface area contributed by atoms with Gasteiger partial charge in [-0.15, -0.1) is 13.2 Å². The SMILES string of the molecule is C=CC[C@@H](CC(=C)CC(=O)[C@@](C)(/C=C/C[C@H](C)[C@@H](C[C@H](C)[C@H](C)O[Si](C)(C)C(C)(C)C)OC(=O)/C=C(\C)[C@@H](C)[C@H](C=C)O[Si](C)(C)C(C)(C)C)O[Si](CC)(CC)CC)O[Si](C)(C)C(C)(C)C. The third-order valence-corrected chi connectivity index (χ3v) is 34.4. The molecule has 11 heteroatoms. The van der Waals surface area contributed by atoms with Crippen LogP contribution in [0.5, 0.6) is 0 Å². The number of Topliss-reactive ketones (excluding diaryl/α,β-unsaturated/α-hetero) is 1. The molecule has 0 rings (SSSR count). The van der Waals surface area contributed by atoms with Crippen LogP contribution < -0.4 is 0 Å². The lowest BCUT2D eigenvalue weighted by molar-refractivity contribution is -0.147. The molecular formula is C55H106O7Si4. The highest BCUT2D eigenvalue weighted by Gasteiger charge is 2.44. The molecule has 0 saturated carbocycles. The average Bonchev–Trinajstić information content (AvgIpc) is 3.16. The number of rotatable bonds is 30. The van der Waals surface area contributed by atoms with Gasteiger partial charge in [-0.25, -0.2) is 4.79 Å². The van der Waals surface area contributed by atoms with Gasteiger partial charge in [-0.3, -0.25) is 4.79 Å². The van der Waals surface area contributed by atoms with Crippen molar-refractivity contribution in [2.45, 2.75) is 259 Å². The summed E-state index contributed by atoms with van der Waals surface area (Å²) in [5, 5.41) is 0.166. The highest BCUT2D eigenvalue weighted by Crippen LogP contribution is 2.41. The summed E-state index contributed by atoms with van der Waals surface area (Å²) >= 11 is 0. The molecule has 0 bridgehead atoms. The Morgan fingerprint density at radius 1 is 0.682 bits per heavy atom. The van der Waals surface area contributed by atoms with Gasteiger partial charge in [0.05, 0.1) is 12.2 Å². The third-order valence-electron chi connectivity index (χ3n) is 16.1. The van der Waals surface area contributed by atoms with E-state index >= 15 is 0 Å². The topological polar surface area (TPSA) is 80.3 Å². The first kappa shape index (κ1) is 64.5. The van der Waals surface area contributed by atoms with Gasteiger partial charge < -0.3 is 22.4 Å². The van der Waals surface area contributed by atoms with Crippen LogP contribution in [-0.2, 0) is 32.0 Å². The number of carbonyl (C=O) groups is 2. The Hall–Kier alpha value is -1.45. The van der Waals surface area contributed by atoms with E-state index in [-0.39, 0.29) is 69.4 Å². The second kappa shape index (κ2) is 26.1. The zero-order chi connectivity index (χ0) is 52.1. The Bertz CT molecular complexity index is 1610. The van der Waals surface area contributed by atoms with Crippen molar-refractivity contribution in [3.63, 3.8) is 0 Å². The van der Waals surface area contributed by atoms with Crippen LogP contribution in [0.4, 0.5) is 0 Å². The molecule has 0 aromatic rings. The van der Waals surface area contributed by atoms with Crippen molar-refractivity contribution in [3.05, 3.63) is 61.3 Å². The average molecular weight is 992 g/mol. The summed E-state index contributed by atoms with van der Waals surface area (Å²) in [6, 6.07) is 2.76. The van der Waals surface area contributed by atoms with Crippen molar-refractivity contribution >= 4 is 45.0 Å². The normalized spacial score (nSPS) is 18.2. The monoisotopic (exact) mass is 991 g/mol. The fourth-order valence-corrected chi connectivity index (χ4v) is 14.6. The minimum Gasteiger partial charge on any atom is -0.459 e. The van der Waals surface area contributed by atoms with Crippen LogP contribution >= 0.6 is 0 Å². The summed E-state index contributed by atoms with van der Waals surface area (Å²) in [5.41, 5.74) is 0.598. The Kier molecular flexibility index (Phi) is 25.6. The molecule has 0 spiro atoms. The molecule has 0 saturated heterocycles. The number of esters is 1. The maximum Gasteiger partial charge on any atom is 0.330 e. The van der Waals surface area contributed by atoms with Gasteiger partial charge in [0.2, 0.25) is 0 Å². The first-order chi connectivity index (χ1) is 29.7. The molecule has 7 nitrogen and oxygen atoms in total. The summed E-state index contributed by atoms with van der Waals surface area (Å²) in [5.74, 6) is -0.360. The van der Waals surface area contributed by atoms with Gasteiger partial charge in [0.1, 0.15) is 11.7 Å². The first-order valence-corrected chi connectivity index (χ1v) is 36.7. The van der Waals surface area contributed by atoms with E-state index < -0.39 is 45.0 Å². The molecule has 0 aliphatic heterocycles. The van der Waals surface area contributed by atoms with Crippen LogP contribution in [-0.4, -0.2) is 75.0 Å². The van der Waals surface area contributed by atoms with E-state index in [1.807, 2.05) is 32.1 Å². The Morgan fingerprint density at radius 3 is 1.59 bits per heavy atom. The Morgan fingerprint density at radius 2 is 1.15 bits per heavy atom. The van der Waals surface area contributed by atoms with Crippen molar-refractivity contribution in [1.82, 2.24) is 0 Å². The second-order valence-electron chi connectivity index (χ2n) is 24.7. The van der Waals surface area contributed by atoms with Crippen LogP contribution in [0.15, 0.2) is 61.3 Å². The van der Waals surface area contributed by atoms with Crippen LogP contribution in [0.25, 0.3) is 0 Å². The van der Waals surface area contributed by atoms with Gasteiger partial charge in [-0.2, -0.15) is 0 Å². The molecule has 0 N–H and O–H groups in total. The van der Waals surface area contributed by atoms with Crippen molar-refractivity contribution in [2.75, 3.05) is 0 Å². The molecule has 66 heavy (non-hydrogen) atoms. The number of allylic oxidation sites excluding steroid dienone is 1. The molecule has 0 fully saturated rings. The molecule has 8 atom stereocenters. The molecule has 0 aliphatic carbocycles. The summed E-state index contributed by atoms with van der Waals surface area (Å²) in [4.78, 5) is 28.6. The summed E-state index contributed by atoms with van der Waals surface area (Å²) < 4.78 is 34.1. The molecule has 0 aliphatic rings. The molecule has 0 heterocycles. The molecule has 0 aromatic heterocycles. The van der Waals surface area contributed by atoms with Gasteiger partial charge in [0, 0.05) is 24.5 Å².